The van der Waals surface area contributed by atoms with Crippen molar-refractivity contribution in [3.8, 4) is 49.1 Å². The highest BCUT2D eigenvalue weighted by Crippen LogP contribution is 2.57. The average Bonchev–Trinajstić information content (AvgIpc) is 3.89. The molecule has 8 aromatic carbocycles. The molecule has 12 rings (SSSR count). The summed E-state index contributed by atoms with van der Waals surface area (Å²) in [6.07, 6.45) is 5.72. The number of nitrogens with zero attached hydrogens (tertiary/aromatic N) is 2. The van der Waals surface area contributed by atoms with Gasteiger partial charge in [-0.15, -0.1) is 11.3 Å². The normalized spacial score (nSPS) is 14.5. The molecule has 1 unspecified atom stereocenters. The molecule has 0 spiro atoms. The van der Waals surface area contributed by atoms with Crippen molar-refractivity contribution >= 4 is 71.5 Å². The van der Waals surface area contributed by atoms with Crippen molar-refractivity contribution in [2.24, 2.45) is 0 Å². The first kappa shape index (κ1) is 29.3. The molecule has 0 N–H and O–H groups in total. The van der Waals surface area contributed by atoms with E-state index in [0.29, 0.717) is 5.92 Å². The van der Waals surface area contributed by atoms with Crippen molar-refractivity contribution in [3.05, 3.63) is 163 Å². The first-order valence-corrected chi connectivity index (χ1v) is 19.3. The van der Waals surface area contributed by atoms with E-state index in [1.807, 2.05) is 11.3 Å². The van der Waals surface area contributed by atoms with Gasteiger partial charge in [0.25, 0.3) is 0 Å². The Kier molecular flexibility index (Phi) is 6.01. The standard InChI is InChI=1S/C50H32N2S/c1-29-12-9-16-32-25-27-41-45(42(29)32)44-35-19-6-5-15-31(35)24-26-40(44)52(41)48-38-21-8-7-20-36(38)37-22-11-23-39-43(37)46(48)47-49(39)53-50(51-47)34-18-10-17-33(28-34)30-13-3-2-4-14-30/h2-11,13-29H,12H2,1H3. The summed E-state index contributed by atoms with van der Waals surface area (Å²) < 4.78 is 2.60. The number of thiazole rings is 1. The fourth-order valence-electron chi connectivity index (χ4n) is 9.48. The minimum Gasteiger partial charge on any atom is -0.308 e. The Hall–Kier alpha value is -6.29. The minimum absolute atomic E-state index is 0.422. The van der Waals surface area contributed by atoms with Gasteiger partial charge < -0.3 is 4.57 Å². The Morgan fingerprint density at radius 1 is 0.604 bits per heavy atom. The second kappa shape index (κ2) is 10.9. The topological polar surface area (TPSA) is 17.8 Å². The zero-order valence-corrected chi connectivity index (χ0v) is 29.9. The van der Waals surface area contributed by atoms with Gasteiger partial charge in [-0.3, -0.25) is 0 Å². The fraction of sp³-hybridized carbons (Fsp3) is 0.0600. The van der Waals surface area contributed by atoms with Gasteiger partial charge in [-0.25, -0.2) is 4.98 Å². The maximum Gasteiger partial charge on any atom is 0.124 e. The molecule has 248 valence electrons. The highest BCUT2D eigenvalue weighted by Gasteiger charge is 2.33. The van der Waals surface area contributed by atoms with Gasteiger partial charge >= 0.3 is 0 Å². The van der Waals surface area contributed by atoms with Crippen LogP contribution in [0, 0.1) is 0 Å². The lowest BCUT2D eigenvalue weighted by Gasteiger charge is -2.21. The van der Waals surface area contributed by atoms with E-state index in [4.69, 9.17) is 4.98 Å². The number of rotatable bonds is 3. The maximum absolute atomic E-state index is 5.60. The van der Waals surface area contributed by atoms with Crippen LogP contribution in [0.1, 0.15) is 30.4 Å². The monoisotopic (exact) mass is 692 g/mol. The lowest BCUT2D eigenvalue weighted by atomic mass is 9.85. The molecule has 3 heteroatoms. The molecule has 2 aliphatic carbocycles. The minimum atomic E-state index is 0.422. The number of aromatic nitrogens is 2. The largest absolute Gasteiger partial charge is 0.308 e. The molecule has 0 radical (unpaired) electrons. The van der Waals surface area contributed by atoms with E-state index in [2.05, 4.69) is 169 Å². The third kappa shape index (κ3) is 4.00. The van der Waals surface area contributed by atoms with Gasteiger partial charge in [0, 0.05) is 38.2 Å². The highest BCUT2D eigenvalue weighted by atomic mass is 32.1. The Labute approximate surface area is 310 Å². The fourth-order valence-corrected chi connectivity index (χ4v) is 10.6. The van der Waals surface area contributed by atoms with Gasteiger partial charge in [-0.05, 0) is 74.3 Å². The second-order valence-electron chi connectivity index (χ2n) is 14.7. The smallest absolute Gasteiger partial charge is 0.124 e. The van der Waals surface area contributed by atoms with Crippen molar-refractivity contribution in [2.45, 2.75) is 19.3 Å². The summed E-state index contributed by atoms with van der Waals surface area (Å²) >= 11 is 1.82. The van der Waals surface area contributed by atoms with E-state index in [0.717, 1.165) is 22.7 Å². The first-order chi connectivity index (χ1) is 26.2. The van der Waals surface area contributed by atoms with Crippen molar-refractivity contribution in [3.63, 3.8) is 0 Å². The lowest BCUT2D eigenvalue weighted by Crippen LogP contribution is -2.02. The molecular formula is C50H32N2S. The van der Waals surface area contributed by atoms with Gasteiger partial charge in [0.1, 0.15) is 5.01 Å². The van der Waals surface area contributed by atoms with Crippen LogP contribution in [0.4, 0.5) is 0 Å². The summed E-state index contributed by atoms with van der Waals surface area (Å²) in [4.78, 5) is 6.86. The molecule has 0 saturated carbocycles. The van der Waals surface area contributed by atoms with E-state index in [9.17, 15) is 0 Å². The van der Waals surface area contributed by atoms with Crippen LogP contribution in [0.15, 0.2) is 152 Å². The predicted molar refractivity (Wildman–Crippen MR) is 226 cm³/mol. The number of benzene rings is 8. The van der Waals surface area contributed by atoms with E-state index in [1.165, 1.54) is 98.1 Å². The molecule has 1 atom stereocenters. The molecule has 0 bridgehead atoms. The van der Waals surface area contributed by atoms with Gasteiger partial charge in [-0.2, -0.15) is 0 Å². The number of hydrogen-bond donors (Lipinski definition) is 0. The maximum atomic E-state index is 5.60. The Balaban J connectivity index is 1.22. The molecular weight excluding hydrogens is 661 g/mol. The quantitative estimate of drug-likeness (QED) is 0.169. The van der Waals surface area contributed by atoms with Gasteiger partial charge in [0.05, 0.1) is 27.3 Å². The van der Waals surface area contributed by atoms with Gasteiger partial charge in [0.2, 0.25) is 0 Å². The van der Waals surface area contributed by atoms with Crippen LogP contribution < -0.4 is 0 Å². The molecule has 53 heavy (non-hydrogen) atoms. The Bertz CT molecular complexity index is 3210. The second-order valence-corrected chi connectivity index (χ2v) is 15.7. The zero-order valence-electron chi connectivity index (χ0n) is 29.1. The van der Waals surface area contributed by atoms with E-state index >= 15 is 0 Å². The van der Waals surface area contributed by atoms with Crippen molar-refractivity contribution < 1.29 is 0 Å². The highest BCUT2D eigenvalue weighted by molar-refractivity contribution is 7.19. The average molecular weight is 693 g/mol. The number of hydrogen-bond acceptors (Lipinski definition) is 2. The Morgan fingerprint density at radius 2 is 1.32 bits per heavy atom. The third-order valence-corrected chi connectivity index (χ3v) is 12.9. The van der Waals surface area contributed by atoms with Crippen LogP contribution in [0.25, 0.3) is 109 Å². The first-order valence-electron chi connectivity index (χ1n) is 18.5. The van der Waals surface area contributed by atoms with Crippen LogP contribution in [0.5, 0.6) is 0 Å². The van der Waals surface area contributed by atoms with Crippen LogP contribution in [0.3, 0.4) is 0 Å². The molecule has 0 aliphatic heterocycles. The molecule has 0 fully saturated rings. The van der Waals surface area contributed by atoms with Crippen LogP contribution in [0.2, 0.25) is 0 Å². The Morgan fingerprint density at radius 3 is 2.23 bits per heavy atom. The number of fused-ring (bicyclic) bond motifs is 12. The summed E-state index contributed by atoms with van der Waals surface area (Å²) in [5.74, 6) is 0.422. The predicted octanol–water partition coefficient (Wildman–Crippen LogP) is 14.2. The van der Waals surface area contributed by atoms with Crippen molar-refractivity contribution in [1.29, 1.82) is 0 Å². The van der Waals surface area contributed by atoms with Gasteiger partial charge in [-0.1, -0.05) is 146 Å². The van der Waals surface area contributed by atoms with Crippen LogP contribution in [-0.2, 0) is 0 Å². The molecule has 0 amide bonds. The van der Waals surface area contributed by atoms with Crippen molar-refractivity contribution in [2.75, 3.05) is 0 Å². The molecule has 2 aliphatic rings. The summed E-state index contributed by atoms with van der Waals surface area (Å²) in [5, 5.41) is 11.5. The van der Waals surface area contributed by atoms with Crippen molar-refractivity contribution in [1.82, 2.24) is 9.55 Å². The zero-order chi connectivity index (χ0) is 34.8. The SMILES string of the molecule is CC1CC=Cc2ccc3c(c21)c1c2ccccc2ccc1n3-c1c2c3c(cccc3c3ccccc13)-c1sc(-c3cccc(-c4ccccc4)c3)nc1-2. The summed E-state index contributed by atoms with van der Waals surface area (Å²) in [6.45, 7) is 2.39. The molecule has 0 saturated heterocycles. The van der Waals surface area contributed by atoms with Crippen LogP contribution in [-0.4, -0.2) is 9.55 Å². The lowest BCUT2D eigenvalue weighted by molar-refractivity contribution is 0.779. The number of allylic oxidation sites excluding steroid dienone is 1. The summed E-state index contributed by atoms with van der Waals surface area (Å²) in [5.41, 5.74) is 13.7. The third-order valence-electron chi connectivity index (χ3n) is 11.7. The molecule has 2 aromatic heterocycles. The van der Waals surface area contributed by atoms with E-state index in [1.54, 1.807) is 0 Å². The van der Waals surface area contributed by atoms with E-state index < -0.39 is 0 Å². The molecule has 2 heterocycles. The van der Waals surface area contributed by atoms with E-state index in [-0.39, 0.29) is 0 Å². The summed E-state index contributed by atoms with van der Waals surface area (Å²) in [6, 6.07) is 53.7. The molecule has 10 aromatic rings. The summed E-state index contributed by atoms with van der Waals surface area (Å²) in [7, 11) is 0. The van der Waals surface area contributed by atoms with Gasteiger partial charge in [0.15, 0.2) is 0 Å². The van der Waals surface area contributed by atoms with Crippen LogP contribution >= 0.6 is 11.3 Å². The molecule has 2 nitrogen and oxygen atoms in total.